The molecule has 96 valence electrons. The maximum absolute atomic E-state index is 5.10. The highest BCUT2D eigenvalue weighted by atomic mass is 16.5. The van der Waals surface area contributed by atoms with Crippen molar-refractivity contribution in [2.24, 2.45) is 4.99 Å². The minimum atomic E-state index is 0.820. The van der Waals surface area contributed by atoms with Gasteiger partial charge in [0.2, 0.25) is 0 Å². The molecule has 19 heavy (non-hydrogen) atoms. The van der Waals surface area contributed by atoms with Gasteiger partial charge >= 0.3 is 0 Å². The van der Waals surface area contributed by atoms with E-state index in [0.717, 1.165) is 17.9 Å². The van der Waals surface area contributed by atoms with E-state index >= 15 is 0 Å². The molecule has 0 bridgehead atoms. The first kappa shape index (κ1) is 13.1. The summed E-state index contributed by atoms with van der Waals surface area (Å²) in [5.74, 6) is 0.850. The second kappa shape index (κ2) is 7.17. The molecule has 0 saturated heterocycles. The van der Waals surface area contributed by atoms with Crippen molar-refractivity contribution in [1.82, 2.24) is 0 Å². The monoisotopic (exact) mass is 251 g/mol. The third-order valence-corrected chi connectivity index (χ3v) is 2.66. The standard InChI is InChI=1S/C17H17NO/c1-19-17-12-10-16(11-13-17)18-14-6-5-9-15-7-3-2-4-8-15/h2-5,7-14H,6H2,1H3/b9-5+,18-14?. The Bertz CT molecular complexity index is 541. The molecule has 2 aromatic rings. The van der Waals surface area contributed by atoms with Crippen LogP contribution in [0.2, 0.25) is 0 Å². The van der Waals surface area contributed by atoms with E-state index in [9.17, 15) is 0 Å². The fourth-order valence-electron chi connectivity index (χ4n) is 1.66. The van der Waals surface area contributed by atoms with Crippen LogP contribution < -0.4 is 4.74 Å². The van der Waals surface area contributed by atoms with Gasteiger partial charge in [-0.05, 0) is 29.8 Å². The van der Waals surface area contributed by atoms with Crippen LogP contribution in [0.3, 0.4) is 0 Å². The first-order chi connectivity index (χ1) is 9.38. The van der Waals surface area contributed by atoms with Crippen molar-refractivity contribution in [1.29, 1.82) is 0 Å². The Balaban J connectivity index is 1.84. The Morgan fingerprint density at radius 2 is 1.74 bits per heavy atom. The average Bonchev–Trinajstić information content (AvgIpc) is 2.49. The SMILES string of the molecule is COc1ccc(N=CC/C=C/c2ccccc2)cc1. The number of benzene rings is 2. The normalized spacial score (nSPS) is 11.2. The van der Waals surface area contributed by atoms with E-state index in [-0.39, 0.29) is 0 Å². The van der Waals surface area contributed by atoms with Gasteiger partial charge in [-0.15, -0.1) is 0 Å². The fourth-order valence-corrected chi connectivity index (χ4v) is 1.66. The van der Waals surface area contributed by atoms with Crippen LogP contribution in [0.15, 0.2) is 65.7 Å². The molecule has 0 aliphatic rings. The first-order valence-corrected chi connectivity index (χ1v) is 6.26. The van der Waals surface area contributed by atoms with Crippen LogP contribution in [0, 0.1) is 0 Å². The quantitative estimate of drug-likeness (QED) is 0.717. The lowest BCUT2D eigenvalue weighted by molar-refractivity contribution is 0.415. The lowest BCUT2D eigenvalue weighted by Gasteiger charge is -1.98. The third-order valence-electron chi connectivity index (χ3n) is 2.66. The molecule has 0 radical (unpaired) electrons. The molecule has 2 rings (SSSR count). The van der Waals surface area contributed by atoms with Crippen LogP contribution in [0.4, 0.5) is 5.69 Å². The maximum Gasteiger partial charge on any atom is 0.119 e. The molecular formula is C17H17NO. The van der Waals surface area contributed by atoms with E-state index in [1.165, 1.54) is 5.56 Å². The van der Waals surface area contributed by atoms with Crippen LogP contribution in [0.1, 0.15) is 12.0 Å². The van der Waals surface area contributed by atoms with Crippen LogP contribution in [-0.4, -0.2) is 13.3 Å². The Kier molecular flexibility index (Phi) is 4.94. The Hall–Kier alpha value is -2.35. The van der Waals surface area contributed by atoms with Gasteiger partial charge in [0.15, 0.2) is 0 Å². The summed E-state index contributed by atoms with van der Waals surface area (Å²) >= 11 is 0. The van der Waals surface area contributed by atoms with Crippen molar-refractivity contribution in [3.8, 4) is 5.75 Å². The summed E-state index contributed by atoms with van der Waals surface area (Å²) in [4.78, 5) is 4.38. The zero-order valence-electron chi connectivity index (χ0n) is 11.0. The number of nitrogens with zero attached hydrogens (tertiary/aromatic N) is 1. The first-order valence-electron chi connectivity index (χ1n) is 6.26. The zero-order chi connectivity index (χ0) is 13.3. The molecule has 0 aliphatic heterocycles. The predicted molar refractivity (Wildman–Crippen MR) is 81.2 cm³/mol. The van der Waals surface area contributed by atoms with Gasteiger partial charge in [0, 0.05) is 12.6 Å². The highest BCUT2D eigenvalue weighted by molar-refractivity contribution is 5.66. The van der Waals surface area contributed by atoms with Crippen molar-refractivity contribution in [3.05, 3.63) is 66.2 Å². The molecule has 2 heteroatoms. The van der Waals surface area contributed by atoms with E-state index in [1.807, 2.05) is 48.7 Å². The van der Waals surface area contributed by atoms with Gasteiger partial charge in [-0.1, -0.05) is 42.5 Å². The van der Waals surface area contributed by atoms with Crippen LogP contribution >= 0.6 is 0 Å². The third kappa shape index (κ3) is 4.43. The average molecular weight is 251 g/mol. The summed E-state index contributed by atoms with van der Waals surface area (Å²) in [6.07, 6.45) is 6.92. The molecule has 0 amide bonds. The second-order valence-electron chi connectivity index (χ2n) is 4.06. The van der Waals surface area contributed by atoms with Crippen LogP contribution in [0.5, 0.6) is 5.75 Å². The van der Waals surface area contributed by atoms with Crippen LogP contribution in [-0.2, 0) is 0 Å². The highest BCUT2D eigenvalue weighted by Gasteiger charge is 1.89. The fraction of sp³-hybridized carbons (Fsp3) is 0.118. The van der Waals surface area contributed by atoms with Gasteiger partial charge in [-0.3, -0.25) is 4.99 Å². The van der Waals surface area contributed by atoms with Gasteiger partial charge in [0.05, 0.1) is 12.8 Å². The summed E-state index contributed by atoms with van der Waals surface area (Å²) in [7, 11) is 1.66. The van der Waals surface area contributed by atoms with E-state index in [2.05, 4.69) is 29.3 Å². The number of rotatable bonds is 5. The van der Waals surface area contributed by atoms with Gasteiger partial charge < -0.3 is 4.74 Å². The molecular weight excluding hydrogens is 234 g/mol. The molecule has 0 atom stereocenters. The molecule has 2 nitrogen and oxygen atoms in total. The number of allylic oxidation sites excluding steroid dienone is 1. The van der Waals surface area contributed by atoms with Crippen molar-refractivity contribution in [2.75, 3.05) is 7.11 Å². The Morgan fingerprint density at radius 1 is 1.00 bits per heavy atom. The number of ether oxygens (including phenoxy) is 1. The number of methoxy groups -OCH3 is 1. The summed E-state index contributed by atoms with van der Waals surface area (Å²) < 4.78 is 5.10. The number of aliphatic imine (C=N–C) groups is 1. The van der Waals surface area contributed by atoms with Crippen molar-refractivity contribution in [2.45, 2.75) is 6.42 Å². The van der Waals surface area contributed by atoms with Gasteiger partial charge in [-0.25, -0.2) is 0 Å². The van der Waals surface area contributed by atoms with Gasteiger partial charge in [-0.2, -0.15) is 0 Å². The van der Waals surface area contributed by atoms with Crippen molar-refractivity contribution >= 4 is 18.0 Å². The molecule has 2 aromatic carbocycles. The summed E-state index contributed by atoms with van der Waals surface area (Å²) in [6.45, 7) is 0. The second-order valence-corrected chi connectivity index (χ2v) is 4.06. The van der Waals surface area contributed by atoms with E-state index in [0.29, 0.717) is 0 Å². The minimum absolute atomic E-state index is 0.820. The summed E-state index contributed by atoms with van der Waals surface area (Å²) in [6, 6.07) is 17.9. The highest BCUT2D eigenvalue weighted by Crippen LogP contribution is 2.17. The largest absolute Gasteiger partial charge is 0.497 e. The lowest BCUT2D eigenvalue weighted by Crippen LogP contribution is -1.80. The predicted octanol–water partition coefficient (Wildman–Crippen LogP) is 4.50. The maximum atomic E-state index is 5.10. The molecule has 0 fully saturated rings. The van der Waals surface area contributed by atoms with E-state index in [1.54, 1.807) is 7.11 Å². The molecule has 0 unspecified atom stereocenters. The number of hydrogen-bond donors (Lipinski definition) is 0. The topological polar surface area (TPSA) is 21.6 Å². The van der Waals surface area contributed by atoms with Crippen LogP contribution in [0.25, 0.3) is 6.08 Å². The Labute approximate surface area is 114 Å². The van der Waals surface area contributed by atoms with E-state index < -0.39 is 0 Å². The van der Waals surface area contributed by atoms with Crippen molar-refractivity contribution in [3.63, 3.8) is 0 Å². The van der Waals surface area contributed by atoms with Crippen molar-refractivity contribution < 1.29 is 4.74 Å². The molecule has 0 aliphatic carbocycles. The van der Waals surface area contributed by atoms with Gasteiger partial charge in [0.1, 0.15) is 5.75 Å². The lowest BCUT2D eigenvalue weighted by atomic mass is 10.2. The number of hydrogen-bond acceptors (Lipinski definition) is 2. The minimum Gasteiger partial charge on any atom is -0.497 e. The molecule has 0 saturated carbocycles. The summed E-state index contributed by atoms with van der Waals surface area (Å²) in [5, 5.41) is 0. The molecule has 0 spiro atoms. The Morgan fingerprint density at radius 3 is 2.42 bits per heavy atom. The molecule has 0 heterocycles. The smallest absolute Gasteiger partial charge is 0.119 e. The molecule has 0 aromatic heterocycles. The molecule has 0 N–H and O–H groups in total. The zero-order valence-corrected chi connectivity index (χ0v) is 11.0. The van der Waals surface area contributed by atoms with E-state index in [4.69, 9.17) is 4.74 Å². The van der Waals surface area contributed by atoms with Gasteiger partial charge in [0.25, 0.3) is 0 Å². The summed E-state index contributed by atoms with van der Waals surface area (Å²) in [5.41, 5.74) is 2.15.